The van der Waals surface area contributed by atoms with Gasteiger partial charge in [0, 0.05) is 17.8 Å². The van der Waals surface area contributed by atoms with Crippen molar-refractivity contribution < 1.29 is 23.9 Å². The number of allylic oxidation sites excluding steroid dienone is 3. The number of Topliss-reactive ketones (excluding diaryl/α,β-unsaturated/α-hetero) is 1. The van der Waals surface area contributed by atoms with Crippen LogP contribution in [0.1, 0.15) is 102 Å². The van der Waals surface area contributed by atoms with Crippen molar-refractivity contribution in [3.63, 3.8) is 0 Å². The van der Waals surface area contributed by atoms with Crippen LogP contribution in [0.5, 0.6) is 0 Å². The monoisotopic (exact) mass is 513 g/mol. The summed E-state index contributed by atoms with van der Waals surface area (Å²) in [5.74, 6) is -4.05. The van der Waals surface area contributed by atoms with Crippen LogP contribution in [0.25, 0.3) is 0 Å². The molecular weight excluding hydrogens is 466 g/mol. The summed E-state index contributed by atoms with van der Waals surface area (Å²) in [6, 6.07) is 6.77. The Hall–Kier alpha value is -2.89. The van der Waals surface area contributed by atoms with E-state index in [2.05, 4.69) is 24.0 Å². The Bertz CT molecular complexity index is 851. The molecule has 37 heavy (non-hydrogen) atoms. The van der Waals surface area contributed by atoms with E-state index in [0.29, 0.717) is 0 Å². The van der Waals surface area contributed by atoms with Crippen LogP contribution in [-0.2, 0) is 19.1 Å². The van der Waals surface area contributed by atoms with Crippen molar-refractivity contribution in [3.8, 4) is 0 Å². The average Bonchev–Trinajstić information content (AvgIpc) is 2.83. The Morgan fingerprint density at radius 1 is 0.865 bits per heavy atom. The van der Waals surface area contributed by atoms with Crippen molar-refractivity contribution in [1.29, 1.82) is 0 Å². The Labute approximate surface area is 223 Å². The summed E-state index contributed by atoms with van der Waals surface area (Å²) >= 11 is 0. The van der Waals surface area contributed by atoms with Gasteiger partial charge in [-0.05, 0) is 90.5 Å². The largest absolute Gasteiger partial charge is 0.465 e. The number of unbranched alkanes of at least 4 members (excludes halogenated alkanes) is 8. The van der Waals surface area contributed by atoms with Gasteiger partial charge in [-0.2, -0.15) is 0 Å². The fraction of sp³-hybridized carbons (Fsp3) is 0.581. The van der Waals surface area contributed by atoms with Gasteiger partial charge in [-0.1, -0.05) is 43.9 Å². The summed E-state index contributed by atoms with van der Waals surface area (Å²) in [7, 11) is 0. The minimum Gasteiger partial charge on any atom is -0.465 e. The zero-order chi connectivity index (χ0) is 27.5. The second kappa shape index (κ2) is 18.4. The van der Waals surface area contributed by atoms with Crippen LogP contribution in [0, 0.1) is 5.92 Å². The minimum atomic E-state index is -1.63. The normalized spacial score (nSPS) is 12.2. The number of anilines is 1. The maximum absolute atomic E-state index is 13.0. The lowest BCUT2D eigenvalue weighted by Gasteiger charge is -2.22. The quantitative estimate of drug-likeness (QED) is 0.0680. The molecule has 0 aliphatic heterocycles. The number of hydrogen-bond acceptors (Lipinski definition) is 6. The molecule has 6 nitrogen and oxygen atoms in total. The summed E-state index contributed by atoms with van der Waals surface area (Å²) in [5.41, 5.74) is 0.309. The molecule has 0 saturated heterocycles. The van der Waals surface area contributed by atoms with E-state index in [1.807, 2.05) is 6.08 Å². The first-order chi connectivity index (χ1) is 17.7. The van der Waals surface area contributed by atoms with Crippen LogP contribution in [-0.4, -0.2) is 36.5 Å². The van der Waals surface area contributed by atoms with Crippen LogP contribution in [0.4, 0.5) is 5.69 Å². The molecule has 0 heterocycles. The van der Waals surface area contributed by atoms with E-state index in [1.165, 1.54) is 38.5 Å². The molecule has 1 aromatic rings. The second-order valence-electron chi connectivity index (χ2n) is 10.2. The molecule has 0 amide bonds. The van der Waals surface area contributed by atoms with Gasteiger partial charge in [0.05, 0.1) is 6.61 Å². The van der Waals surface area contributed by atoms with E-state index in [1.54, 1.807) is 52.0 Å². The number of ether oxygens (including phenoxy) is 2. The molecule has 0 aromatic heterocycles. The van der Waals surface area contributed by atoms with E-state index in [0.717, 1.165) is 37.9 Å². The third kappa shape index (κ3) is 14.4. The summed E-state index contributed by atoms with van der Waals surface area (Å²) in [6.07, 6.45) is 18.6. The van der Waals surface area contributed by atoms with E-state index in [-0.39, 0.29) is 12.2 Å². The highest BCUT2D eigenvalue weighted by Crippen LogP contribution is 2.19. The molecule has 0 fully saturated rings. The highest BCUT2D eigenvalue weighted by atomic mass is 16.6. The van der Waals surface area contributed by atoms with Crippen molar-refractivity contribution in [2.24, 2.45) is 5.92 Å². The smallest absolute Gasteiger partial charge is 0.328 e. The predicted octanol–water partition coefficient (Wildman–Crippen LogP) is 7.45. The Balaban J connectivity index is 2.40. The van der Waals surface area contributed by atoms with Crippen molar-refractivity contribution in [1.82, 2.24) is 0 Å². The predicted molar refractivity (Wildman–Crippen MR) is 151 cm³/mol. The standard InChI is InChI=1S/C31H47NO5/c1-6-8-9-10-11-12-13-14-15-16-17-18-19-24-32-26-22-20-25(21-23-26)28(33)27(29(34)36-7-2)30(35)37-31(3,4)5/h6,16-17,20-23,27,32H,1,7-15,18-19,24H2,2-5H3. The van der Waals surface area contributed by atoms with E-state index in [9.17, 15) is 14.4 Å². The number of hydrogen-bond donors (Lipinski definition) is 1. The van der Waals surface area contributed by atoms with Crippen molar-refractivity contribution in [3.05, 3.63) is 54.6 Å². The molecule has 1 rings (SSSR count). The first-order valence-corrected chi connectivity index (χ1v) is 13.7. The molecule has 0 aliphatic rings. The molecule has 0 aliphatic carbocycles. The van der Waals surface area contributed by atoms with Crippen LogP contribution in [0.15, 0.2) is 49.1 Å². The van der Waals surface area contributed by atoms with Crippen LogP contribution in [0.2, 0.25) is 0 Å². The van der Waals surface area contributed by atoms with Gasteiger partial charge in [0.25, 0.3) is 0 Å². The molecule has 6 heteroatoms. The average molecular weight is 514 g/mol. The number of nitrogens with one attached hydrogen (secondary N) is 1. The first kappa shape index (κ1) is 32.1. The first-order valence-electron chi connectivity index (χ1n) is 13.7. The highest BCUT2D eigenvalue weighted by molar-refractivity contribution is 6.20. The third-order valence-corrected chi connectivity index (χ3v) is 5.67. The lowest BCUT2D eigenvalue weighted by atomic mass is 9.97. The molecule has 0 radical (unpaired) electrons. The molecule has 1 N–H and O–H groups in total. The van der Waals surface area contributed by atoms with Crippen LogP contribution < -0.4 is 5.32 Å². The Kier molecular flexibility index (Phi) is 16.0. The summed E-state index contributed by atoms with van der Waals surface area (Å²) in [5, 5.41) is 3.34. The number of benzene rings is 1. The van der Waals surface area contributed by atoms with E-state index in [4.69, 9.17) is 9.47 Å². The van der Waals surface area contributed by atoms with Gasteiger partial charge < -0.3 is 14.8 Å². The lowest BCUT2D eigenvalue weighted by Crippen LogP contribution is -2.38. The second-order valence-corrected chi connectivity index (χ2v) is 10.2. The summed E-state index contributed by atoms with van der Waals surface area (Å²) < 4.78 is 10.2. The molecular formula is C31H47NO5. The Morgan fingerprint density at radius 2 is 1.43 bits per heavy atom. The fourth-order valence-electron chi connectivity index (χ4n) is 3.76. The number of carbonyl (C=O) groups is 3. The Morgan fingerprint density at radius 3 is 2.00 bits per heavy atom. The van der Waals surface area contributed by atoms with Crippen LogP contribution in [0.3, 0.4) is 0 Å². The van der Waals surface area contributed by atoms with Gasteiger partial charge in [-0.25, -0.2) is 0 Å². The van der Waals surface area contributed by atoms with Gasteiger partial charge in [0.15, 0.2) is 5.78 Å². The fourth-order valence-corrected chi connectivity index (χ4v) is 3.76. The van der Waals surface area contributed by atoms with Gasteiger partial charge in [0.2, 0.25) is 5.92 Å². The highest BCUT2D eigenvalue weighted by Gasteiger charge is 2.39. The molecule has 1 aromatic carbocycles. The molecule has 1 atom stereocenters. The maximum atomic E-state index is 13.0. The number of carbonyl (C=O) groups excluding carboxylic acids is 3. The molecule has 0 spiro atoms. The maximum Gasteiger partial charge on any atom is 0.328 e. The lowest BCUT2D eigenvalue weighted by molar-refractivity contribution is -0.166. The van der Waals surface area contributed by atoms with Crippen LogP contribution >= 0.6 is 0 Å². The number of esters is 2. The summed E-state index contributed by atoms with van der Waals surface area (Å²) in [6.45, 7) is 11.3. The van der Waals surface area contributed by atoms with Gasteiger partial charge in [0.1, 0.15) is 5.60 Å². The molecule has 0 bridgehead atoms. The SMILES string of the molecule is C=CCCCCCCCCC=CCCCNc1ccc(C(=O)C(C(=O)OCC)C(=O)OC(C)(C)C)cc1. The molecule has 1 unspecified atom stereocenters. The van der Waals surface area contributed by atoms with Gasteiger partial charge in [-0.15, -0.1) is 6.58 Å². The summed E-state index contributed by atoms with van der Waals surface area (Å²) in [4.78, 5) is 37.9. The zero-order valence-corrected chi connectivity index (χ0v) is 23.4. The van der Waals surface area contributed by atoms with Gasteiger partial charge in [-0.3, -0.25) is 14.4 Å². The molecule has 206 valence electrons. The van der Waals surface area contributed by atoms with E-state index >= 15 is 0 Å². The van der Waals surface area contributed by atoms with Crippen molar-refractivity contribution in [2.75, 3.05) is 18.5 Å². The third-order valence-electron chi connectivity index (χ3n) is 5.67. The number of rotatable bonds is 19. The topological polar surface area (TPSA) is 81.7 Å². The van der Waals surface area contributed by atoms with E-state index < -0.39 is 29.2 Å². The van der Waals surface area contributed by atoms with Gasteiger partial charge >= 0.3 is 11.9 Å². The number of ketones is 1. The minimum absolute atomic E-state index is 0.0696. The zero-order valence-electron chi connectivity index (χ0n) is 23.4. The molecule has 0 saturated carbocycles. The van der Waals surface area contributed by atoms with Crippen molar-refractivity contribution in [2.45, 2.75) is 97.5 Å². The van der Waals surface area contributed by atoms with Crippen molar-refractivity contribution >= 4 is 23.4 Å².